The minimum absolute atomic E-state index is 0. The fourth-order valence-corrected chi connectivity index (χ4v) is 0. The molecule has 0 N–H and O–H groups in total. The molecule has 0 aromatic carbocycles. The van der Waals surface area contributed by atoms with Gasteiger partial charge in [0.05, 0.1) is 7.11 Å². The Morgan fingerprint density at radius 1 is 1.00 bits per heavy atom. The first kappa shape index (κ1) is 36.0. The molecule has 0 fully saturated rings. The van der Waals surface area contributed by atoms with Gasteiger partial charge in [0.2, 0.25) is 0 Å². The van der Waals surface area contributed by atoms with E-state index in [1.807, 2.05) is 0 Å². The zero-order valence-electron chi connectivity index (χ0n) is 8.53. The van der Waals surface area contributed by atoms with Crippen LogP contribution in [0.25, 0.3) is 0 Å². The van der Waals surface area contributed by atoms with Crippen LogP contribution in [0.1, 0.15) is 0 Å². The van der Waals surface area contributed by atoms with Crippen molar-refractivity contribution >= 4 is 15.5 Å². The number of carbonyl (C=O) groups excluding carboxylic acids is 1. The van der Waals surface area contributed by atoms with Crippen molar-refractivity contribution in [2.75, 3.05) is 7.11 Å². The van der Waals surface area contributed by atoms with Gasteiger partial charge in [-0.2, -0.15) is 0 Å². The first-order valence-corrected chi connectivity index (χ1v) is 3.33. The molecular weight excluding hydrogens is 240 g/mol. The summed E-state index contributed by atoms with van der Waals surface area (Å²) in [5.41, 5.74) is 0. The molecule has 0 radical (unpaired) electrons. The molecule has 0 saturated heterocycles. The Hall–Kier alpha value is 3.53. The molecule has 0 aliphatic carbocycles. The maximum absolute atomic E-state index is 8.95. The third kappa shape index (κ3) is 139. The van der Waals surface area contributed by atoms with E-state index < -0.39 is 9.05 Å². The number of hydrogen-bond acceptors (Lipinski definition) is 6. The van der Waals surface area contributed by atoms with Gasteiger partial charge >= 0.3 is 118 Å². The topological polar surface area (TPSA) is 119 Å². The maximum Gasteiger partial charge on any atom is 1.00 e. The second kappa shape index (κ2) is 24.7. The summed E-state index contributed by atoms with van der Waals surface area (Å²) in [6.45, 7) is 0.375. The molecule has 0 aliphatic heterocycles. The third-order valence-electron chi connectivity index (χ3n) is 0.0962. The van der Waals surface area contributed by atoms with Crippen molar-refractivity contribution in [3.8, 4) is 0 Å². The first-order valence-electron chi connectivity index (χ1n) is 1.70. The Morgan fingerprint density at radius 2 is 1.08 bits per heavy atom. The summed E-state index contributed by atoms with van der Waals surface area (Å²) < 4.78 is 3.86. The van der Waals surface area contributed by atoms with Crippen LogP contribution in [0.15, 0.2) is 0 Å². The second-order valence-corrected chi connectivity index (χ2v) is 1.83. The van der Waals surface area contributed by atoms with E-state index in [0.29, 0.717) is 6.47 Å². The number of hydrogen-bond donors (Lipinski definition) is 0. The van der Waals surface area contributed by atoms with Crippen LogP contribution in [0.5, 0.6) is 0 Å². The van der Waals surface area contributed by atoms with Crippen molar-refractivity contribution in [1.29, 1.82) is 0 Å². The second-order valence-electron chi connectivity index (χ2n) is 0.832. The molecule has 0 unspecified atom stereocenters. The fraction of sp³-hybridized carbons (Fsp3) is 0.500. The van der Waals surface area contributed by atoms with Gasteiger partial charge < -0.3 is 33.0 Å². The molecule has 0 spiro atoms. The van der Waals surface area contributed by atoms with Gasteiger partial charge in [0.25, 0.3) is 6.47 Å². The fourth-order valence-electron chi connectivity index (χ4n) is 0. The van der Waals surface area contributed by atoms with Crippen molar-refractivity contribution in [3.05, 3.63) is 0 Å². The van der Waals surface area contributed by atoms with Gasteiger partial charge in [-0.15, -0.1) is 0 Å². The van der Waals surface area contributed by atoms with Crippen LogP contribution < -0.4 is 137 Å². The van der Waals surface area contributed by atoms with Crippen molar-refractivity contribution in [1.82, 2.24) is 0 Å². The van der Waals surface area contributed by atoms with E-state index in [2.05, 4.69) is 4.74 Å². The molecule has 0 aromatic rings. The van der Waals surface area contributed by atoms with E-state index in [9.17, 15) is 0 Å². The molecule has 11 heteroatoms. The summed E-state index contributed by atoms with van der Waals surface area (Å²) >= 11 is 0. The Bertz CT molecular complexity index is 71.5. The minimum atomic E-state index is -5.61. The van der Waals surface area contributed by atoms with Crippen LogP contribution >= 0.6 is 0 Å². The van der Waals surface area contributed by atoms with Gasteiger partial charge in [0.1, 0.15) is 0 Å². The number of ether oxygens (including phenoxy) is 1. The summed E-state index contributed by atoms with van der Waals surface area (Å²) in [5.74, 6) is 0. The standard InChI is InChI=1S/C2H4O2.4Na.O4Si/c1-4-2-3;;;;;1-5(2,3)4/h2H,1H3;;;;;/q;4*+1;-4. The molecule has 6 nitrogen and oxygen atoms in total. The van der Waals surface area contributed by atoms with Crippen molar-refractivity contribution < 1.29 is 147 Å². The van der Waals surface area contributed by atoms with E-state index in [1.54, 1.807) is 0 Å². The predicted molar refractivity (Wildman–Crippen MR) is 18.8 cm³/mol. The van der Waals surface area contributed by atoms with Crippen molar-refractivity contribution in [3.63, 3.8) is 0 Å². The van der Waals surface area contributed by atoms with E-state index >= 15 is 0 Å². The average Bonchev–Trinajstić information content (AvgIpc) is 1.61. The van der Waals surface area contributed by atoms with Crippen molar-refractivity contribution in [2.45, 2.75) is 0 Å². The Balaban J connectivity index is -0.0000000146. The summed E-state index contributed by atoms with van der Waals surface area (Å²) in [4.78, 5) is 43.3. The van der Waals surface area contributed by atoms with Gasteiger partial charge in [-0.05, 0) is 0 Å². The van der Waals surface area contributed by atoms with Gasteiger partial charge in [-0.1, -0.05) is 0 Å². The van der Waals surface area contributed by atoms with Gasteiger partial charge in [-0.25, -0.2) is 0 Å². The molecule has 56 valence electrons. The van der Waals surface area contributed by atoms with Crippen LogP contribution in [0, 0.1) is 0 Å². The molecule has 0 rings (SSSR count). The van der Waals surface area contributed by atoms with E-state index in [-0.39, 0.29) is 118 Å². The van der Waals surface area contributed by atoms with Crippen LogP contribution in [0.3, 0.4) is 0 Å². The largest absolute Gasteiger partial charge is 1.00 e. The monoisotopic (exact) mass is 244 g/mol. The molecule has 13 heavy (non-hydrogen) atoms. The third-order valence-corrected chi connectivity index (χ3v) is 0.0962. The summed E-state index contributed by atoms with van der Waals surface area (Å²) in [5, 5.41) is 0. The zero-order chi connectivity index (χ0) is 7.91. The summed E-state index contributed by atoms with van der Waals surface area (Å²) in [7, 11) is -4.30. The van der Waals surface area contributed by atoms with Gasteiger partial charge in [0.15, 0.2) is 0 Å². The van der Waals surface area contributed by atoms with Crippen molar-refractivity contribution in [2.24, 2.45) is 0 Å². The number of rotatable bonds is 1. The van der Waals surface area contributed by atoms with Crippen LogP contribution in [-0.2, 0) is 9.53 Å². The smallest absolute Gasteiger partial charge is 0.894 e. The molecule has 0 amide bonds. The zero-order valence-corrected chi connectivity index (χ0v) is 17.5. The SMILES string of the molecule is COC=O.[Na+].[Na+].[Na+].[Na+].[O-][Si]([O-])([O-])[O-]. The van der Waals surface area contributed by atoms with E-state index in [1.165, 1.54) is 7.11 Å². The Kier molecular flexibility index (Phi) is 68.2. The molecule has 0 saturated carbocycles. The normalized spacial score (nSPS) is 6.23. The summed E-state index contributed by atoms with van der Waals surface area (Å²) in [6, 6.07) is 0. The van der Waals surface area contributed by atoms with Crippen LogP contribution in [-0.4, -0.2) is 22.6 Å². The average molecular weight is 244 g/mol. The molecule has 0 atom stereocenters. The van der Waals surface area contributed by atoms with E-state index in [0.717, 1.165) is 0 Å². The maximum atomic E-state index is 8.95. The number of methoxy groups -OCH3 is 1. The Morgan fingerprint density at radius 3 is 1.08 bits per heavy atom. The molecule has 0 heterocycles. The Labute approximate surface area is 166 Å². The molecular formula is C2H4Na4O6Si. The first-order chi connectivity index (χ1) is 3.91. The molecule has 0 aromatic heterocycles. The van der Waals surface area contributed by atoms with Gasteiger partial charge in [-0.3, -0.25) is 4.79 Å². The van der Waals surface area contributed by atoms with E-state index in [4.69, 9.17) is 24.0 Å². The predicted octanol–water partition coefficient (Wildman–Crippen LogP) is -17.3. The van der Waals surface area contributed by atoms with Gasteiger partial charge in [0, 0.05) is 0 Å². The van der Waals surface area contributed by atoms with Crippen LogP contribution in [0.2, 0.25) is 0 Å². The summed E-state index contributed by atoms with van der Waals surface area (Å²) in [6.07, 6.45) is 0. The number of carbonyl (C=O) groups is 1. The molecule has 0 bridgehead atoms. The molecule has 0 aliphatic rings. The quantitative estimate of drug-likeness (QED) is 0.333. The van der Waals surface area contributed by atoms with Crippen LogP contribution in [0.4, 0.5) is 0 Å². The minimum Gasteiger partial charge on any atom is -0.894 e.